The van der Waals surface area contributed by atoms with Crippen LogP contribution in [0.25, 0.3) is 10.8 Å². The Labute approximate surface area is 127 Å². The van der Waals surface area contributed by atoms with Crippen LogP contribution in [0.15, 0.2) is 59.8 Å². The van der Waals surface area contributed by atoms with E-state index in [9.17, 15) is 10.0 Å². The Morgan fingerprint density at radius 1 is 1.05 bits per heavy atom. The Bertz CT molecular complexity index is 829. The number of hydrogen-bond donors (Lipinski definition) is 2. The number of aromatic hydroxyl groups is 1. The first-order valence-electron chi connectivity index (χ1n) is 6.72. The summed E-state index contributed by atoms with van der Waals surface area (Å²) in [6, 6.07) is 16.2. The number of nitrogens with one attached hydrogen (secondary N) is 1. The van der Waals surface area contributed by atoms with E-state index in [1.807, 2.05) is 36.4 Å². The second kappa shape index (κ2) is 5.73. The Morgan fingerprint density at radius 2 is 1.73 bits per heavy atom. The van der Waals surface area contributed by atoms with Crippen molar-refractivity contribution in [3.8, 4) is 11.5 Å². The number of fused-ring (bicyclic) bond motifs is 1. The summed E-state index contributed by atoms with van der Waals surface area (Å²) < 4.78 is 5.12. The molecule has 0 aromatic heterocycles. The highest BCUT2D eigenvalue weighted by Gasteiger charge is 2.12. The maximum absolute atomic E-state index is 10.9. The monoisotopic (exact) mass is 294 g/mol. The van der Waals surface area contributed by atoms with Crippen LogP contribution < -0.4 is 10.1 Å². The second-order valence-corrected chi connectivity index (χ2v) is 4.78. The van der Waals surface area contributed by atoms with Gasteiger partial charge in [0, 0.05) is 22.5 Å². The van der Waals surface area contributed by atoms with Crippen molar-refractivity contribution in [1.29, 1.82) is 0 Å². The predicted molar refractivity (Wildman–Crippen MR) is 87.3 cm³/mol. The van der Waals surface area contributed by atoms with Crippen LogP contribution in [0.5, 0.6) is 11.5 Å². The molecule has 0 saturated carbocycles. The summed E-state index contributed by atoms with van der Waals surface area (Å²) in [6.45, 7) is 0. The van der Waals surface area contributed by atoms with E-state index in [1.165, 1.54) is 6.07 Å². The standard InChI is InChI=1S/C17H14N2O3/c1-22-12-8-6-11(7-9-12)18-15-10-16(20)17(19-21)14-5-3-2-4-13(14)15/h2-10,18,20H,1H3. The summed E-state index contributed by atoms with van der Waals surface area (Å²) in [6.07, 6.45) is 0. The van der Waals surface area contributed by atoms with Gasteiger partial charge in [0.15, 0.2) is 5.69 Å². The van der Waals surface area contributed by atoms with Crippen LogP contribution in [0, 0.1) is 4.91 Å². The number of ether oxygens (including phenoxy) is 1. The largest absolute Gasteiger partial charge is 0.505 e. The van der Waals surface area contributed by atoms with Crippen molar-refractivity contribution in [2.45, 2.75) is 0 Å². The van der Waals surface area contributed by atoms with Gasteiger partial charge in [0.2, 0.25) is 0 Å². The van der Waals surface area contributed by atoms with Crippen LogP contribution in [0.3, 0.4) is 0 Å². The fraction of sp³-hybridized carbons (Fsp3) is 0.0588. The van der Waals surface area contributed by atoms with Crippen molar-refractivity contribution in [1.82, 2.24) is 0 Å². The summed E-state index contributed by atoms with van der Waals surface area (Å²) in [4.78, 5) is 10.9. The van der Waals surface area contributed by atoms with E-state index in [0.29, 0.717) is 11.1 Å². The van der Waals surface area contributed by atoms with Gasteiger partial charge in [0.05, 0.1) is 12.8 Å². The molecule has 0 aliphatic heterocycles. The summed E-state index contributed by atoms with van der Waals surface area (Å²) in [7, 11) is 1.61. The molecule has 0 aliphatic carbocycles. The normalized spacial score (nSPS) is 10.4. The molecule has 0 atom stereocenters. The quantitative estimate of drug-likeness (QED) is 0.684. The molecule has 5 heteroatoms. The lowest BCUT2D eigenvalue weighted by Crippen LogP contribution is -1.92. The Balaban J connectivity index is 2.08. The van der Waals surface area contributed by atoms with E-state index in [1.54, 1.807) is 19.2 Å². The molecular formula is C17H14N2O3. The van der Waals surface area contributed by atoms with Crippen molar-refractivity contribution in [2.24, 2.45) is 5.18 Å². The molecule has 5 nitrogen and oxygen atoms in total. The molecule has 3 aromatic carbocycles. The summed E-state index contributed by atoms with van der Waals surface area (Å²) in [5.41, 5.74) is 1.60. The number of anilines is 2. The van der Waals surface area contributed by atoms with Gasteiger partial charge in [-0.2, -0.15) is 0 Å². The first-order valence-corrected chi connectivity index (χ1v) is 6.72. The lowest BCUT2D eigenvalue weighted by atomic mass is 10.1. The number of phenolic OH excluding ortho intramolecular Hbond substituents is 1. The van der Waals surface area contributed by atoms with Crippen LogP contribution in [-0.2, 0) is 0 Å². The topological polar surface area (TPSA) is 70.9 Å². The molecule has 0 aliphatic rings. The molecule has 110 valence electrons. The van der Waals surface area contributed by atoms with Gasteiger partial charge in [-0.3, -0.25) is 0 Å². The van der Waals surface area contributed by atoms with Gasteiger partial charge in [0.25, 0.3) is 0 Å². The summed E-state index contributed by atoms with van der Waals surface area (Å²) in [5.74, 6) is 0.614. The SMILES string of the molecule is COc1ccc(Nc2cc(O)c(N=O)c3ccccc23)cc1. The van der Waals surface area contributed by atoms with Crippen molar-refractivity contribution in [3.63, 3.8) is 0 Å². The molecule has 0 radical (unpaired) electrons. The Hall–Kier alpha value is -3.08. The highest BCUT2D eigenvalue weighted by Crippen LogP contribution is 2.40. The zero-order valence-electron chi connectivity index (χ0n) is 11.9. The average Bonchev–Trinajstić information content (AvgIpc) is 2.56. The fourth-order valence-electron chi connectivity index (χ4n) is 2.37. The number of nitroso groups, excluding NO2 is 1. The minimum Gasteiger partial charge on any atom is -0.505 e. The number of hydrogen-bond acceptors (Lipinski definition) is 5. The van der Waals surface area contributed by atoms with Gasteiger partial charge in [-0.1, -0.05) is 24.3 Å². The number of rotatable bonds is 4. The molecule has 0 saturated heterocycles. The highest BCUT2D eigenvalue weighted by atomic mass is 16.5. The molecule has 3 rings (SSSR count). The predicted octanol–water partition coefficient (Wildman–Crippen LogP) is 4.70. The van der Waals surface area contributed by atoms with Gasteiger partial charge < -0.3 is 15.2 Å². The third kappa shape index (κ3) is 2.44. The fourth-order valence-corrected chi connectivity index (χ4v) is 2.37. The van der Waals surface area contributed by atoms with Crippen molar-refractivity contribution >= 4 is 27.8 Å². The van der Waals surface area contributed by atoms with E-state index in [-0.39, 0.29) is 11.4 Å². The van der Waals surface area contributed by atoms with Gasteiger partial charge in [-0.05, 0) is 29.4 Å². The van der Waals surface area contributed by atoms with E-state index in [4.69, 9.17) is 4.74 Å². The average molecular weight is 294 g/mol. The molecule has 0 fully saturated rings. The van der Waals surface area contributed by atoms with Crippen molar-refractivity contribution < 1.29 is 9.84 Å². The Morgan fingerprint density at radius 3 is 2.36 bits per heavy atom. The Kier molecular flexibility index (Phi) is 3.62. The molecule has 3 aromatic rings. The zero-order valence-corrected chi connectivity index (χ0v) is 11.9. The minimum atomic E-state index is -0.148. The minimum absolute atomic E-state index is 0.0517. The van der Waals surface area contributed by atoms with Crippen LogP contribution in [0.2, 0.25) is 0 Å². The number of phenols is 1. The van der Waals surface area contributed by atoms with Crippen molar-refractivity contribution in [2.75, 3.05) is 12.4 Å². The maximum atomic E-state index is 10.9. The number of benzene rings is 3. The lowest BCUT2D eigenvalue weighted by Gasteiger charge is -2.12. The number of methoxy groups -OCH3 is 1. The molecule has 2 N–H and O–H groups in total. The molecule has 22 heavy (non-hydrogen) atoms. The van der Waals surface area contributed by atoms with Crippen LogP contribution in [-0.4, -0.2) is 12.2 Å². The van der Waals surface area contributed by atoms with Crippen LogP contribution in [0.4, 0.5) is 17.1 Å². The van der Waals surface area contributed by atoms with Gasteiger partial charge in [0.1, 0.15) is 11.5 Å². The van der Waals surface area contributed by atoms with Crippen molar-refractivity contribution in [3.05, 3.63) is 59.5 Å². The number of nitrogens with zero attached hydrogens (tertiary/aromatic N) is 1. The first-order chi connectivity index (χ1) is 10.7. The van der Waals surface area contributed by atoms with Crippen LogP contribution >= 0.6 is 0 Å². The molecule has 0 unspecified atom stereocenters. The summed E-state index contributed by atoms with van der Waals surface area (Å²) >= 11 is 0. The van der Waals surface area contributed by atoms with E-state index < -0.39 is 0 Å². The smallest absolute Gasteiger partial charge is 0.157 e. The highest BCUT2D eigenvalue weighted by molar-refractivity contribution is 6.04. The first kappa shape index (κ1) is 13.9. The zero-order chi connectivity index (χ0) is 15.5. The lowest BCUT2D eigenvalue weighted by molar-refractivity contribution is 0.415. The molecule has 0 spiro atoms. The third-order valence-electron chi connectivity index (χ3n) is 3.46. The molecule has 0 amide bonds. The maximum Gasteiger partial charge on any atom is 0.157 e. The van der Waals surface area contributed by atoms with E-state index in [0.717, 1.165) is 16.8 Å². The van der Waals surface area contributed by atoms with Gasteiger partial charge >= 0.3 is 0 Å². The van der Waals surface area contributed by atoms with Crippen LogP contribution in [0.1, 0.15) is 0 Å². The molecule has 0 heterocycles. The van der Waals surface area contributed by atoms with E-state index in [2.05, 4.69) is 10.5 Å². The molecular weight excluding hydrogens is 280 g/mol. The molecule has 0 bridgehead atoms. The third-order valence-corrected chi connectivity index (χ3v) is 3.46. The van der Waals surface area contributed by atoms with E-state index >= 15 is 0 Å². The van der Waals surface area contributed by atoms with Gasteiger partial charge in [-0.15, -0.1) is 4.91 Å². The second-order valence-electron chi connectivity index (χ2n) is 4.78. The summed E-state index contributed by atoms with van der Waals surface area (Å²) in [5, 5.41) is 17.6. The van der Waals surface area contributed by atoms with Gasteiger partial charge in [-0.25, -0.2) is 0 Å².